The molecule has 2 heteroatoms. The number of aryl methyl sites for hydroxylation is 1. The summed E-state index contributed by atoms with van der Waals surface area (Å²) in [6.07, 6.45) is -0.0166. The van der Waals surface area contributed by atoms with Crippen LogP contribution in [0.1, 0.15) is 24.5 Å². The van der Waals surface area contributed by atoms with Crippen molar-refractivity contribution in [3.63, 3.8) is 0 Å². The van der Waals surface area contributed by atoms with E-state index in [1.165, 1.54) is 5.56 Å². The summed E-state index contributed by atoms with van der Waals surface area (Å²) in [4.78, 5) is 0. The van der Waals surface area contributed by atoms with E-state index in [1.807, 2.05) is 31.2 Å². The first-order valence-corrected chi connectivity index (χ1v) is 4.42. The van der Waals surface area contributed by atoms with Gasteiger partial charge in [0.2, 0.25) is 0 Å². The van der Waals surface area contributed by atoms with Gasteiger partial charge in [-0.05, 0) is 19.4 Å². The molecule has 70 valence electrons. The number of hydrogen-bond acceptors (Lipinski definition) is 2. The van der Waals surface area contributed by atoms with Crippen LogP contribution in [0.2, 0.25) is 0 Å². The molecule has 0 heterocycles. The van der Waals surface area contributed by atoms with Gasteiger partial charge in [0.15, 0.2) is 0 Å². The molecule has 1 aromatic rings. The molecule has 0 aliphatic heterocycles. The van der Waals surface area contributed by atoms with Gasteiger partial charge in [-0.25, -0.2) is 0 Å². The van der Waals surface area contributed by atoms with Crippen LogP contribution in [0.15, 0.2) is 24.3 Å². The summed E-state index contributed by atoms with van der Waals surface area (Å²) in [5.74, 6) is 0. The zero-order valence-corrected chi connectivity index (χ0v) is 8.04. The second-order valence-electron chi connectivity index (χ2n) is 3.40. The average molecular weight is 177 g/mol. The molecule has 1 atom stereocenters. The van der Waals surface area contributed by atoms with Gasteiger partial charge in [0.1, 0.15) is 0 Å². The Labute approximate surface area is 78.7 Å². The molecular weight excluding hydrogens is 162 g/mol. The van der Waals surface area contributed by atoms with Crippen LogP contribution in [-0.2, 0) is 0 Å². The van der Waals surface area contributed by atoms with E-state index in [1.54, 1.807) is 6.92 Å². The van der Waals surface area contributed by atoms with Gasteiger partial charge in [0.25, 0.3) is 0 Å². The van der Waals surface area contributed by atoms with Gasteiger partial charge in [-0.1, -0.05) is 29.8 Å². The maximum atomic E-state index is 9.10. The Hall–Kier alpha value is -1.15. The van der Waals surface area contributed by atoms with E-state index in [4.69, 9.17) is 10.5 Å². The van der Waals surface area contributed by atoms with E-state index in [2.05, 4.69) is 0 Å². The quantitative estimate of drug-likeness (QED) is 0.682. The van der Waals surface area contributed by atoms with E-state index in [0.717, 1.165) is 5.56 Å². The molecule has 2 N–H and O–H groups in total. The third-order valence-electron chi connectivity index (χ3n) is 1.90. The lowest BCUT2D eigenvalue weighted by molar-refractivity contribution is 0.203. The van der Waals surface area contributed by atoms with Gasteiger partial charge < -0.3 is 10.5 Å². The fourth-order valence-electron chi connectivity index (χ4n) is 1.17. The van der Waals surface area contributed by atoms with Gasteiger partial charge in [-0.3, -0.25) is 0 Å². The van der Waals surface area contributed by atoms with Crippen molar-refractivity contribution >= 4 is 5.71 Å². The number of nitrogens with one attached hydrogen (secondary N) is 1. The molecule has 2 nitrogen and oxygen atoms in total. The minimum Gasteiger partial charge on any atom is -0.393 e. The largest absolute Gasteiger partial charge is 0.393 e. The number of benzene rings is 1. The van der Waals surface area contributed by atoms with E-state index in [9.17, 15) is 0 Å². The fourth-order valence-corrected chi connectivity index (χ4v) is 1.17. The Bertz CT molecular complexity index is 287. The molecule has 1 aromatic carbocycles. The molecule has 0 saturated carbocycles. The van der Waals surface area contributed by atoms with Crippen molar-refractivity contribution in [3.8, 4) is 0 Å². The van der Waals surface area contributed by atoms with Crippen molar-refractivity contribution in [2.75, 3.05) is 0 Å². The first-order chi connectivity index (χ1) is 6.09. The molecule has 1 unspecified atom stereocenters. The highest BCUT2D eigenvalue weighted by Gasteiger charge is 2.04. The van der Waals surface area contributed by atoms with Crippen LogP contribution < -0.4 is 0 Å². The molecule has 0 amide bonds. The second kappa shape index (κ2) is 4.19. The molecule has 1 rings (SSSR count). The van der Waals surface area contributed by atoms with Crippen LogP contribution in [0.25, 0.3) is 0 Å². The molecule has 13 heavy (non-hydrogen) atoms. The van der Waals surface area contributed by atoms with Crippen LogP contribution in [0.5, 0.6) is 0 Å². The molecular formula is C11H15NO. The van der Waals surface area contributed by atoms with Crippen LogP contribution >= 0.6 is 0 Å². The zero-order valence-electron chi connectivity index (χ0n) is 8.04. The summed E-state index contributed by atoms with van der Waals surface area (Å²) in [5, 5.41) is 16.8. The fraction of sp³-hybridized carbons (Fsp3) is 0.364. The molecule has 0 aromatic heterocycles. The summed E-state index contributed by atoms with van der Waals surface area (Å²) < 4.78 is 0. The SMILES string of the molecule is Cc1ccc(C(=N)CC(C)O)cc1. The van der Waals surface area contributed by atoms with Gasteiger partial charge in [-0.2, -0.15) is 0 Å². The first kappa shape index (κ1) is 9.93. The monoisotopic (exact) mass is 177 g/mol. The van der Waals surface area contributed by atoms with E-state index < -0.39 is 6.10 Å². The number of aliphatic hydroxyl groups is 1. The summed E-state index contributed by atoms with van der Waals surface area (Å²) in [7, 11) is 0. The lowest BCUT2D eigenvalue weighted by Crippen LogP contribution is -2.09. The number of rotatable bonds is 3. The summed E-state index contributed by atoms with van der Waals surface area (Å²) in [6.45, 7) is 3.71. The van der Waals surface area contributed by atoms with Gasteiger partial charge in [-0.15, -0.1) is 0 Å². The van der Waals surface area contributed by atoms with Crippen molar-refractivity contribution in [1.29, 1.82) is 5.41 Å². The molecule has 0 radical (unpaired) electrons. The number of aliphatic hydroxyl groups excluding tert-OH is 1. The minimum absolute atomic E-state index is 0.420. The predicted octanol–water partition coefficient (Wildman–Crippen LogP) is 2.13. The highest BCUT2D eigenvalue weighted by Crippen LogP contribution is 2.07. The van der Waals surface area contributed by atoms with Crippen LogP contribution in [0.3, 0.4) is 0 Å². The standard InChI is InChI=1S/C11H15NO/c1-8-3-5-10(6-4-8)11(12)7-9(2)13/h3-6,9,12-13H,7H2,1-2H3. The maximum absolute atomic E-state index is 9.10. The third kappa shape index (κ3) is 2.99. The molecule has 0 bridgehead atoms. The molecule has 0 saturated heterocycles. The Balaban J connectivity index is 2.72. The van der Waals surface area contributed by atoms with E-state index in [0.29, 0.717) is 12.1 Å². The number of hydrogen-bond donors (Lipinski definition) is 2. The smallest absolute Gasteiger partial charge is 0.0567 e. The van der Waals surface area contributed by atoms with Crippen molar-refractivity contribution in [3.05, 3.63) is 35.4 Å². The second-order valence-corrected chi connectivity index (χ2v) is 3.40. The van der Waals surface area contributed by atoms with Crippen molar-refractivity contribution < 1.29 is 5.11 Å². The third-order valence-corrected chi connectivity index (χ3v) is 1.90. The van der Waals surface area contributed by atoms with Gasteiger partial charge in [0.05, 0.1) is 6.10 Å². The van der Waals surface area contributed by atoms with Crippen molar-refractivity contribution in [2.45, 2.75) is 26.4 Å². The molecule has 0 spiro atoms. The van der Waals surface area contributed by atoms with Gasteiger partial charge in [0, 0.05) is 12.1 Å². The lowest BCUT2D eigenvalue weighted by atomic mass is 10.0. The maximum Gasteiger partial charge on any atom is 0.0567 e. The topological polar surface area (TPSA) is 44.1 Å². The van der Waals surface area contributed by atoms with Crippen molar-refractivity contribution in [1.82, 2.24) is 0 Å². The summed E-state index contributed by atoms with van der Waals surface area (Å²) >= 11 is 0. The van der Waals surface area contributed by atoms with Crippen LogP contribution in [0.4, 0.5) is 0 Å². The Morgan fingerprint density at radius 1 is 1.38 bits per heavy atom. The van der Waals surface area contributed by atoms with Crippen LogP contribution in [-0.4, -0.2) is 16.9 Å². The average Bonchev–Trinajstić information content (AvgIpc) is 2.04. The normalized spacial score (nSPS) is 12.5. The Morgan fingerprint density at radius 3 is 2.38 bits per heavy atom. The van der Waals surface area contributed by atoms with Gasteiger partial charge >= 0.3 is 0 Å². The van der Waals surface area contributed by atoms with Crippen molar-refractivity contribution in [2.24, 2.45) is 0 Å². The minimum atomic E-state index is -0.436. The summed E-state index contributed by atoms with van der Waals surface area (Å²) in [5.41, 5.74) is 2.58. The summed E-state index contributed by atoms with van der Waals surface area (Å²) in [6, 6.07) is 7.79. The Kier molecular flexibility index (Phi) is 3.20. The Morgan fingerprint density at radius 2 is 1.92 bits per heavy atom. The highest BCUT2D eigenvalue weighted by atomic mass is 16.3. The molecule has 0 aliphatic rings. The van der Waals surface area contributed by atoms with E-state index in [-0.39, 0.29) is 0 Å². The highest BCUT2D eigenvalue weighted by molar-refractivity contribution is 5.98. The van der Waals surface area contributed by atoms with E-state index >= 15 is 0 Å². The van der Waals surface area contributed by atoms with Crippen LogP contribution in [0, 0.1) is 12.3 Å². The lowest BCUT2D eigenvalue weighted by Gasteiger charge is -2.06. The zero-order chi connectivity index (χ0) is 9.84. The molecule has 0 aliphatic carbocycles. The first-order valence-electron chi connectivity index (χ1n) is 4.42. The molecule has 0 fully saturated rings. The predicted molar refractivity (Wildman–Crippen MR) is 54.3 cm³/mol.